The van der Waals surface area contributed by atoms with Crippen molar-refractivity contribution < 1.29 is 4.74 Å². The Bertz CT molecular complexity index is 136. The number of nitrogens with one attached hydrogen (secondary N) is 1. The highest BCUT2D eigenvalue weighted by molar-refractivity contribution is 5.78. The van der Waals surface area contributed by atoms with Crippen LogP contribution in [0.25, 0.3) is 0 Å². The molecule has 0 saturated heterocycles. The molecule has 0 aromatic heterocycles. The lowest BCUT2D eigenvalue weighted by molar-refractivity contribution is 0.132. The Labute approximate surface area is 74.2 Å². The van der Waals surface area contributed by atoms with Crippen LogP contribution in [0, 0.1) is 0 Å². The predicted octanol–water partition coefficient (Wildman–Crippen LogP) is 0.336. The van der Waals surface area contributed by atoms with Gasteiger partial charge in [0.15, 0.2) is 5.96 Å². The van der Waals surface area contributed by atoms with Gasteiger partial charge in [0.05, 0.1) is 6.61 Å². The van der Waals surface area contributed by atoms with Crippen molar-refractivity contribution in [2.24, 2.45) is 10.7 Å². The molecule has 4 nitrogen and oxygen atoms in total. The van der Waals surface area contributed by atoms with E-state index in [1.165, 1.54) is 0 Å². The number of hydrogen-bond donors (Lipinski definition) is 2. The van der Waals surface area contributed by atoms with Gasteiger partial charge < -0.3 is 15.8 Å². The summed E-state index contributed by atoms with van der Waals surface area (Å²) in [4.78, 5) is 4.00. The summed E-state index contributed by atoms with van der Waals surface area (Å²) >= 11 is 0. The maximum atomic E-state index is 5.54. The first-order valence-corrected chi connectivity index (χ1v) is 4.34. The van der Waals surface area contributed by atoms with E-state index in [0.717, 1.165) is 6.61 Å². The average molecular weight is 173 g/mol. The van der Waals surface area contributed by atoms with Crippen LogP contribution in [0.5, 0.6) is 0 Å². The molecule has 0 aliphatic rings. The predicted molar refractivity (Wildman–Crippen MR) is 51.3 cm³/mol. The molecule has 1 atom stereocenters. The number of hydrogen-bond acceptors (Lipinski definition) is 2. The smallest absolute Gasteiger partial charge is 0.188 e. The molecule has 0 radical (unpaired) electrons. The fourth-order valence-electron chi connectivity index (χ4n) is 0.805. The van der Waals surface area contributed by atoms with Gasteiger partial charge in [-0.2, -0.15) is 0 Å². The molecule has 0 spiro atoms. The second kappa shape index (κ2) is 6.91. The lowest BCUT2D eigenvalue weighted by Gasteiger charge is -2.13. The topological polar surface area (TPSA) is 59.6 Å². The Balaban J connectivity index is 3.53. The van der Waals surface area contributed by atoms with E-state index in [9.17, 15) is 0 Å². The van der Waals surface area contributed by atoms with Crippen LogP contribution in [0.4, 0.5) is 0 Å². The summed E-state index contributed by atoms with van der Waals surface area (Å²) in [6, 6.07) is 0.222. The lowest BCUT2D eigenvalue weighted by Crippen LogP contribution is -2.40. The highest BCUT2D eigenvalue weighted by Crippen LogP contribution is 1.83. The molecule has 3 N–H and O–H groups in total. The highest BCUT2D eigenvalue weighted by atomic mass is 16.5. The molecule has 0 amide bonds. The Morgan fingerprint density at radius 1 is 1.58 bits per heavy atom. The summed E-state index contributed by atoms with van der Waals surface area (Å²) in [5.41, 5.74) is 5.54. The van der Waals surface area contributed by atoms with Crippen molar-refractivity contribution in [3.63, 3.8) is 0 Å². The van der Waals surface area contributed by atoms with Gasteiger partial charge in [0.2, 0.25) is 0 Å². The van der Waals surface area contributed by atoms with Gasteiger partial charge in [-0.05, 0) is 20.8 Å². The van der Waals surface area contributed by atoms with E-state index in [0.29, 0.717) is 19.1 Å². The fraction of sp³-hybridized carbons (Fsp3) is 0.875. The summed E-state index contributed by atoms with van der Waals surface area (Å²) in [5.74, 6) is 0.490. The minimum absolute atomic E-state index is 0.222. The van der Waals surface area contributed by atoms with Gasteiger partial charge in [0.1, 0.15) is 0 Å². The minimum atomic E-state index is 0.222. The highest BCUT2D eigenvalue weighted by Gasteiger charge is 2.00. The van der Waals surface area contributed by atoms with Crippen LogP contribution < -0.4 is 11.1 Å². The van der Waals surface area contributed by atoms with E-state index in [4.69, 9.17) is 10.5 Å². The summed E-state index contributed by atoms with van der Waals surface area (Å²) < 4.78 is 5.20. The number of guanidine groups is 1. The molecule has 0 bridgehead atoms. The third-order valence-corrected chi connectivity index (χ3v) is 1.29. The molecule has 0 rings (SSSR count). The summed E-state index contributed by atoms with van der Waals surface area (Å²) in [7, 11) is 0. The molecule has 0 fully saturated rings. The van der Waals surface area contributed by atoms with Crippen LogP contribution in [0.3, 0.4) is 0 Å². The molecule has 0 aliphatic heterocycles. The van der Waals surface area contributed by atoms with Crippen molar-refractivity contribution in [3.8, 4) is 0 Å². The molecule has 1 unspecified atom stereocenters. The molecule has 0 aromatic carbocycles. The third kappa shape index (κ3) is 5.97. The van der Waals surface area contributed by atoms with Gasteiger partial charge in [-0.25, -0.2) is 0 Å². The summed E-state index contributed by atoms with van der Waals surface area (Å²) in [6.07, 6.45) is 0. The zero-order valence-corrected chi connectivity index (χ0v) is 8.13. The lowest BCUT2D eigenvalue weighted by atomic mass is 10.4. The van der Waals surface area contributed by atoms with E-state index in [-0.39, 0.29) is 6.04 Å². The van der Waals surface area contributed by atoms with Gasteiger partial charge in [-0.15, -0.1) is 0 Å². The fourth-order valence-corrected chi connectivity index (χ4v) is 0.805. The van der Waals surface area contributed by atoms with Crippen molar-refractivity contribution in [2.45, 2.75) is 26.8 Å². The molecule has 0 aliphatic carbocycles. The second-order valence-corrected chi connectivity index (χ2v) is 2.56. The van der Waals surface area contributed by atoms with Gasteiger partial charge in [-0.3, -0.25) is 4.99 Å². The monoisotopic (exact) mass is 173 g/mol. The van der Waals surface area contributed by atoms with E-state index >= 15 is 0 Å². The second-order valence-electron chi connectivity index (χ2n) is 2.56. The van der Waals surface area contributed by atoms with E-state index < -0.39 is 0 Å². The van der Waals surface area contributed by atoms with Crippen LogP contribution in [0.1, 0.15) is 20.8 Å². The molecule has 0 aromatic rings. The normalized spacial score (nSPS) is 14.4. The van der Waals surface area contributed by atoms with Crippen molar-refractivity contribution in [3.05, 3.63) is 0 Å². The maximum Gasteiger partial charge on any atom is 0.188 e. The summed E-state index contributed by atoms with van der Waals surface area (Å²) in [5, 5.41) is 3.02. The first-order chi connectivity index (χ1) is 5.70. The molecule has 0 saturated carbocycles. The molecular weight excluding hydrogens is 154 g/mol. The Hall–Kier alpha value is -0.770. The molecule has 12 heavy (non-hydrogen) atoms. The Kier molecular flexibility index (Phi) is 6.47. The minimum Gasteiger partial charge on any atom is -0.380 e. The Morgan fingerprint density at radius 3 is 2.75 bits per heavy atom. The average Bonchev–Trinajstić information content (AvgIpc) is 2.01. The van der Waals surface area contributed by atoms with Crippen LogP contribution >= 0.6 is 0 Å². The number of nitrogens with zero attached hydrogens (tertiary/aromatic N) is 1. The molecule has 72 valence electrons. The van der Waals surface area contributed by atoms with Crippen molar-refractivity contribution in [1.82, 2.24) is 5.32 Å². The van der Waals surface area contributed by atoms with Crippen LogP contribution in [0.2, 0.25) is 0 Å². The number of aliphatic imine (C=N–C) groups is 1. The van der Waals surface area contributed by atoms with Crippen molar-refractivity contribution >= 4 is 5.96 Å². The van der Waals surface area contributed by atoms with Gasteiger partial charge in [0.25, 0.3) is 0 Å². The zero-order chi connectivity index (χ0) is 9.40. The van der Waals surface area contributed by atoms with E-state index in [1.54, 1.807) is 0 Å². The standard InChI is InChI=1S/C8H19N3O/c1-4-10-8(9)11-7(3)6-12-5-2/h7H,4-6H2,1-3H3,(H3,9,10,11). The van der Waals surface area contributed by atoms with Gasteiger partial charge >= 0.3 is 0 Å². The largest absolute Gasteiger partial charge is 0.380 e. The quantitative estimate of drug-likeness (QED) is 0.465. The molecular formula is C8H19N3O. The SMILES string of the molecule is CCN=C(N)NC(C)COCC. The molecule has 0 heterocycles. The van der Waals surface area contributed by atoms with Crippen LogP contribution in [-0.4, -0.2) is 31.8 Å². The van der Waals surface area contributed by atoms with E-state index in [1.807, 2.05) is 20.8 Å². The summed E-state index contributed by atoms with van der Waals surface area (Å²) in [6.45, 7) is 8.03. The van der Waals surface area contributed by atoms with Crippen molar-refractivity contribution in [2.75, 3.05) is 19.8 Å². The number of rotatable bonds is 5. The number of nitrogens with two attached hydrogens (primary N) is 1. The Morgan fingerprint density at radius 2 is 2.25 bits per heavy atom. The van der Waals surface area contributed by atoms with Crippen LogP contribution in [0.15, 0.2) is 4.99 Å². The van der Waals surface area contributed by atoms with Crippen LogP contribution in [-0.2, 0) is 4.74 Å². The first kappa shape index (κ1) is 11.2. The third-order valence-electron chi connectivity index (χ3n) is 1.29. The maximum absolute atomic E-state index is 5.54. The number of ether oxygens (including phenoxy) is 1. The van der Waals surface area contributed by atoms with Gasteiger partial charge in [-0.1, -0.05) is 0 Å². The van der Waals surface area contributed by atoms with Gasteiger partial charge in [0, 0.05) is 19.2 Å². The molecule has 4 heteroatoms. The van der Waals surface area contributed by atoms with Crippen molar-refractivity contribution in [1.29, 1.82) is 0 Å². The zero-order valence-electron chi connectivity index (χ0n) is 8.13. The first-order valence-electron chi connectivity index (χ1n) is 4.34. The van der Waals surface area contributed by atoms with E-state index in [2.05, 4.69) is 10.3 Å².